The van der Waals surface area contributed by atoms with Crippen molar-refractivity contribution in [2.24, 2.45) is 44.3 Å². The number of hydrogen-bond donors (Lipinski definition) is 3. The Morgan fingerprint density at radius 2 is 1.19 bits per heavy atom. The van der Waals surface area contributed by atoms with Gasteiger partial charge < -0.3 is 16.2 Å². The molecule has 4 unspecified atom stereocenters. The minimum atomic E-state index is -0.524. The lowest BCUT2D eigenvalue weighted by Crippen LogP contribution is -2.58. The third-order valence-corrected chi connectivity index (χ3v) is 13.4. The molecule has 2 aromatic heterocycles. The second kappa shape index (κ2) is 12.0. The van der Waals surface area contributed by atoms with Gasteiger partial charge in [-0.05, 0) is 133 Å². The second-order valence-electron chi connectivity index (χ2n) is 17.1. The lowest BCUT2D eigenvalue weighted by Gasteiger charge is -2.64. The standard InChI is InChI=1S/C16H21N3O3S.C13H20O2.C3H3N3O2S.CH4/c1-14-3-10-4-15(2,7-14)9-16(5-10,8-14)12(20)18-13-17-6-11(23-13)19(21)22;1-11-3-9-4-12(2,6-11)8-13(5-9,7-11)10(14)15;4-3-5-1-2(9-3)6(7)8;/h6,10H,3-5,7-9H2,1-2H3,(H,17,18,20);9H,3-8H2,1-2H3,(H,14,15);1H,(H2,4,5);1H4. The highest BCUT2D eigenvalue weighted by molar-refractivity contribution is 7.19. The molecule has 10 rings (SSSR count). The van der Waals surface area contributed by atoms with Crippen molar-refractivity contribution >= 4 is 54.8 Å². The van der Waals surface area contributed by atoms with Crippen LogP contribution in [-0.4, -0.2) is 36.8 Å². The Hall–Kier alpha value is -3.20. The molecule has 2 aromatic rings. The Kier molecular flexibility index (Phi) is 9.02. The van der Waals surface area contributed by atoms with Crippen LogP contribution in [0.5, 0.6) is 0 Å². The van der Waals surface area contributed by atoms with E-state index in [0.29, 0.717) is 27.8 Å². The maximum absolute atomic E-state index is 13.0. The van der Waals surface area contributed by atoms with Crippen molar-refractivity contribution in [3.63, 3.8) is 0 Å². The van der Waals surface area contributed by atoms with Gasteiger partial charge in [0.15, 0.2) is 10.3 Å². The van der Waals surface area contributed by atoms with Crippen LogP contribution in [-0.2, 0) is 9.59 Å². The molecule has 8 aliphatic carbocycles. The van der Waals surface area contributed by atoms with Gasteiger partial charge in [0, 0.05) is 0 Å². The highest BCUT2D eigenvalue weighted by Gasteiger charge is 2.64. The van der Waals surface area contributed by atoms with E-state index in [1.807, 2.05) is 0 Å². The zero-order valence-electron chi connectivity index (χ0n) is 27.4. The number of amides is 1. The van der Waals surface area contributed by atoms with E-state index in [2.05, 4.69) is 43.0 Å². The van der Waals surface area contributed by atoms with Crippen LogP contribution in [0.3, 0.4) is 0 Å². The first-order valence-electron chi connectivity index (χ1n) is 16.3. The number of nitro groups is 2. The summed E-state index contributed by atoms with van der Waals surface area (Å²) in [4.78, 5) is 51.7. The SMILES string of the molecule is C.CC12CC3CC(C)(C1)CC(C(=O)Nc1ncc([N+](=O)[O-])s1)(C3)C2.CC12CC3CC(C)(C1)CC(C(=O)O)(C3)C2.Nc1ncc([N+](=O)[O-])s1. The van der Waals surface area contributed by atoms with Gasteiger partial charge in [-0.15, -0.1) is 0 Å². The Labute approximate surface area is 288 Å². The fourth-order valence-electron chi connectivity index (χ4n) is 12.4. The van der Waals surface area contributed by atoms with E-state index in [1.165, 1.54) is 44.7 Å². The number of carboxylic acid groups (broad SMARTS) is 1. The molecule has 8 aliphatic rings. The summed E-state index contributed by atoms with van der Waals surface area (Å²) in [5.41, 5.74) is 5.63. The molecule has 0 spiro atoms. The van der Waals surface area contributed by atoms with Gasteiger partial charge in [-0.1, -0.05) is 35.1 Å². The van der Waals surface area contributed by atoms with E-state index >= 15 is 0 Å². The largest absolute Gasteiger partial charge is 0.481 e. The monoisotopic (exact) mass is 704 g/mol. The molecular weight excluding hydrogens is 657 g/mol. The van der Waals surface area contributed by atoms with Gasteiger partial charge in [-0.25, -0.2) is 9.97 Å². The lowest BCUT2D eigenvalue weighted by atomic mass is 9.40. The minimum Gasteiger partial charge on any atom is -0.481 e. The van der Waals surface area contributed by atoms with E-state index in [4.69, 9.17) is 5.73 Å². The van der Waals surface area contributed by atoms with Crippen molar-refractivity contribution in [1.29, 1.82) is 0 Å². The normalized spacial score (nSPS) is 39.2. The predicted octanol–water partition coefficient (Wildman–Crippen LogP) is 8.32. The van der Waals surface area contributed by atoms with Crippen LogP contribution in [0.4, 0.5) is 20.3 Å². The zero-order valence-corrected chi connectivity index (χ0v) is 29.0. The summed E-state index contributed by atoms with van der Waals surface area (Å²) in [6.07, 6.45) is 15.5. The van der Waals surface area contributed by atoms with Crippen LogP contribution in [0.2, 0.25) is 0 Å². The number of carbonyl (C=O) groups is 2. The number of carboxylic acids is 1. The van der Waals surface area contributed by atoms with Crippen LogP contribution in [0, 0.1) is 64.6 Å². The van der Waals surface area contributed by atoms with Crippen molar-refractivity contribution < 1.29 is 24.5 Å². The van der Waals surface area contributed by atoms with Gasteiger partial charge in [-0.3, -0.25) is 29.8 Å². The van der Waals surface area contributed by atoms with Gasteiger partial charge in [0.05, 0.1) is 20.7 Å². The third-order valence-electron chi connectivity index (χ3n) is 11.8. The maximum Gasteiger partial charge on any atom is 0.345 e. The molecule has 8 saturated carbocycles. The van der Waals surface area contributed by atoms with Crippen LogP contribution < -0.4 is 11.1 Å². The highest BCUT2D eigenvalue weighted by atomic mass is 32.1. The van der Waals surface area contributed by atoms with E-state index in [-0.39, 0.29) is 50.1 Å². The smallest absolute Gasteiger partial charge is 0.345 e. The number of nitrogens with one attached hydrogen (secondary N) is 1. The summed E-state index contributed by atoms with van der Waals surface area (Å²) in [5, 5.41) is 33.6. The number of thiazole rings is 2. The molecule has 0 aromatic carbocycles. The molecule has 13 nitrogen and oxygen atoms in total. The maximum atomic E-state index is 13.0. The number of aromatic nitrogens is 2. The van der Waals surface area contributed by atoms with Crippen LogP contribution in [0.15, 0.2) is 12.4 Å². The summed E-state index contributed by atoms with van der Waals surface area (Å²) >= 11 is 1.79. The van der Waals surface area contributed by atoms with Crippen LogP contribution in [0.1, 0.15) is 112 Å². The molecular formula is C33H48N6O7S2. The van der Waals surface area contributed by atoms with E-state index in [0.717, 1.165) is 67.4 Å². The van der Waals surface area contributed by atoms with Gasteiger partial charge >= 0.3 is 16.0 Å². The van der Waals surface area contributed by atoms with Crippen LogP contribution in [0.25, 0.3) is 0 Å². The lowest BCUT2D eigenvalue weighted by molar-refractivity contribution is -0.380. The molecule has 4 atom stereocenters. The first kappa shape index (κ1) is 36.1. The number of nitrogens with zero attached hydrogens (tertiary/aromatic N) is 4. The topological polar surface area (TPSA) is 204 Å². The molecule has 0 aliphatic heterocycles. The summed E-state index contributed by atoms with van der Waals surface area (Å²) in [6.45, 7) is 9.28. The number of hydrogen-bond acceptors (Lipinski definition) is 11. The molecule has 8 bridgehead atoms. The van der Waals surface area contributed by atoms with Crippen LogP contribution >= 0.6 is 22.7 Å². The summed E-state index contributed by atoms with van der Waals surface area (Å²) in [7, 11) is 0. The van der Waals surface area contributed by atoms with Crippen molar-refractivity contribution in [3.8, 4) is 0 Å². The van der Waals surface area contributed by atoms with E-state index in [9.17, 15) is 34.9 Å². The molecule has 1 amide bonds. The highest BCUT2D eigenvalue weighted by Crippen LogP contribution is 2.70. The number of aliphatic carboxylic acids is 1. The molecule has 0 saturated heterocycles. The molecule has 15 heteroatoms. The zero-order chi connectivity index (χ0) is 34.2. The molecule has 0 radical (unpaired) electrons. The Bertz CT molecular complexity index is 1590. The summed E-state index contributed by atoms with van der Waals surface area (Å²) in [6, 6.07) is 0. The number of nitrogen functional groups attached to an aromatic ring is 1. The molecule has 48 heavy (non-hydrogen) atoms. The Balaban J connectivity index is 0.000000155. The molecule has 4 N–H and O–H groups in total. The summed E-state index contributed by atoms with van der Waals surface area (Å²) in [5.74, 6) is 0.817. The Morgan fingerprint density at radius 3 is 1.54 bits per heavy atom. The number of rotatable bonds is 5. The Morgan fingerprint density at radius 1 is 0.771 bits per heavy atom. The third kappa shape index (κ3) is 6.81. The second-order valence-corrected chi connectivity index (χ2v) is 19.2. The van der Waals surface area contributed by atoms with Gasteiger partial charge in [0.2, 0.25) is 5.91 Å². The van der Waals surface area contributed by atoms with Crippen molar-refractivity contribution in [3.05, 3.63) is 32.6 Å². The van der Waals surface area contributed by atoms with Gasteiger partial charge in [0.25, 0.3) is 0 Å². The molecule has 264 valence electrons. The number of carbonyl (C=O) groups excluding carboxylic acids is 1. The molecule has 8 fully saturated rings. The first-order valence-corrected chi connectivity index (χ1v) is 17.9. The van der Waals surface area contributed by atoms with Gasteiger partial charge in [-0.2, -0.15) is 0 Å². The predicted molar refractivity (Wildman–Crippen MR) is 185 cm³/mol. The average Bonchev–Trinajstić information content (AvgIpc) is 3.55. The average molecular weight is 705 g/mol. The number of nitrogens with two attached hydrogens (primary N) is 1. The van der Waals surface area contributed by atoms with E-state index < -0.39 is 15.8 Å². The first-order chi connectivity index (χ1) is 21.8. The van der Waals surface area contributed by atoms with E-state index in [1.54, 1.807) is 0 Å². The minimum absolute atomic E-state index is 0. The van der Waals surface area contributed by atoms with Crippen molar-refractivity contribution in [2.45, 2.75) is 112 Å². The quantitative estimate of drug-likeness (QED) is 0.200. The van der Waals surface area contributed by atoms with Crippen molar-refractivity contribution in [2.75, 3.05) is 11.1 Å². The fraction of sp³-hybridized carbons (Fsp3) is 0.758. The fourth-order valence-corrected chi connectivity index (χ4v) is 13.5. The van der Waals surface area contributed by atoms with Gasteiger partial charge in [0.1, 0.15) is 12.4 Å². The summed E-state index contributed by atoms with van der Waals surface area (Å²) < 4.78 is 0. The number of anilines is 2. The van der Waals surface area contributed by atoms with Crippen molar-refractivity contribution in [1.82, 2.24) is 9.97 Å². The molecule has 2 heterocycles.